The van der Waals surface area contributed by atoms with Crippen LogP contribution in [0.15, 0.2) is 0 Å². The molecule has 0 aromatic heterocycles. The van der Waals surface area contributed by atoms with Crippen LogP contribution in [0.2, 0.25) is 0 Å². The van der Waals surface area contributed by atoms with Gasteiger partial charge in [0.1, 0.15) is 0 Å². The zero-order valence-corrected chi connectivity index (χ0v) is 6.69. The van der Waals surface area contributed by atoms with Gasteiger partial charge in [-0.05, 0) is 26.3 Å². The monoisotopic (exact) mass is 176 g/mol. The first-order valence-electron chi connectivity index (χ1n) is 2.96. The number of hydrogen-bond donors (Lipinski definition) is 0. The van der Waals surface area contributed by atoms with Crippen molar-refractivity contribution in [1.82, 2.24) is 4.90 Å². The summed E-state index contributed by atoms with van der Waals surface area (Å²) < 4.78 is 0. The first kappa shape index (κ1) is 6.56. The van der Waals surface area contributed by atoms with Crippen LogP contribution in [0.1, 0.15) is 12.8 Å². The van der Waals surface area contributed by atoms with E-state index >= 15 is 0 Å². The molecule has 1 atom stereocenters. The molecule has 2 heteroatoms. The van der Waals surface area contributed by atoms with Crippen LogP contribution in [-0.2, 0) is 0 Å². The first-order valence-corrected chi connectivity index (χ1v) is 3.88. The van der Waals surface area contributed by atoms with Gasteiger partial charge in [-0.3, -0.25) is 4.90 Å². The maximum Gasteiger partial charge on any atom is 0.0653 e. The highest BCUT2D eigenvalue weighted by Crippen LogP contribution is 2.18. The fraction of sp³-hybridized carbons (Fsp3) is 0.833. The van der Waals surface area contributed by atoms with E-state index < -0.39 is 0 Å². The van der Waals surface area contributed by atoms with Gasteiger partial charge in [0.15, 0.2) is 0 Å². The van der Waals surface area contributed by atoms with E-state index in [4.69, 9.17) is 0 Å². The summed E-state index contributed by atoms with van der Waals surface area (Å²) in [7, 11) is 2.13. The molecule has 1 heterocycles. The fourth-order valence-electron chi connectivity index (χ4n) is 0.885. The van der Waals surface area contributed by atoms with Gasteiger partial charge < -0.3 is 0 Å². The van der Waals surface area contributed by atoms with E-state index in [9.17, 15) is 0 Å². The van der Waals surface area contributed by atoms with Crippen molar-refractivity contribution in [2.45, 2.75) is 17.8 Å². The summed E-state index contributed by atoms with van der Waals surface area (Å²) in [6.45, 7) is 1.13. The lowest BCUT2D eigenvalue weighted by atomic mass is 10.1. The second-order valence-corrected chi connectivity index (χ2v) is 3.30. The van der Waals surface area contributed by atoms with Gasteiger partial charge in [0.2, 0.25) is 0 Å². The van der Waals surface area contributed by atoms with Crippen LogP contribution in [0.25, 0.3) is 0 Å². The molecule has 0 bridgehead atoms. The van der Waals surface area contributed by atoms with Crippen molar-refractivity contribution in [3.63, 3.8) is 0 Å². The fourth-order valence-corrected chi connectivity index (χ4v) is 1.32. The van der Waals surface area contributed by atoms with Crippen LogP contribution in [0.5, 0.6) is 0 Å². The van der Waals surface area contributed by atoms with Crippen LogP contribution in [0, 0.1) is 6.42 Å². The zero-order valence-electron chi connectivity index (χ0n) is 5.10. The van der Waals surface area contributed by atoms with E-state index in [1.54, 1.807) is 0 Å². The number of rotatable bonds is 0. The molecule has 1 rings (SSSR count). The average Bonchev–Trinajstić information content (AvgIpc) is 1.77. The van der Waals surface area contributed by atoms with Crippen molar-refractivity contribution in [3.8, 4) is 0 Å². The predicted molar refractivity (Wildman–Crippen MR) is 38.9 cm³/mol. The van der Waals surface area contributed by atoms with Gasteiger partial charge in [-0.25, -0.2) is 0 Å². The van der Waals surface area contributed by atoms with Crippen molar-refractivity contribution in [2.24, 2.45) is 0 Å². The third-order valence-corrected chi connectivity index (χ3v) is 2.66. The Morgan fingerprint density at radius 1 is 1.75 bits per heavy atom. The van der Waals surface area contributed by atoms with E-state index in [0.717, 1.165) is 6.54 Å². The summed E-state index contributed by atoms with van der Waals surface area (Å²) in [5, 5.41) is 0. The molecule has 1 nitrogen and oxygen atoms in total. The number of halogens is 1. The van der Waals surface area contributed by atoms with Gasteiger partial charge in [0.05, 0.1) is 4.95 Å². The molecule has 0 N–H and O–H groups in total. The molecule has 0 aromatic carbocycles. The van der Waals surface area contributed by atoms with Crippen molar-refractivity contribution < 1.29 is 0 Å². The second-order valence-electron chi connectivity index (χ2n) is 2.24. The summed E-state index contributed by atoms with van der Waals surface area (Å²) in [6, 6.07) is 0. The summed E-state index contributed by atoms with van der Waals surface area (Å²) in [5.74, 6) is 0. The Hall–Kier alpha value is 0.440. The molecule has 0 saturated carbocycles. The summed E-state index contributed by atoms with van der Waals surface area (Å²) in [4.78, 5) is 2.91. The predicted octanol–water partition coefficient (Wildman–Crippen LogP) is 1.64. The Kier molecular flexibility index (Phi) is 2.32. The number of nitrogens with zero attached hydrogens (tertiary/aromatic N) is 1. The van der Waals surface area contributed by atoms with Gasteiger partial charge in [-0.15, -0.1) is 0 Å². The SMILES string of the molecule is CN1C[CH]CCC1Br. The van der Waals surface area contributed by atoms with Crippen LogP contribution >= 0.6 is 15.9 Å². The lowest BCUT2D eigenvalue weighted by molar-refractivity contribution is 0.296. The van der Waals surface area contributed by atoms with Gasteiger partial charge in [-0.2, -0.15) is 0 Å². The minimum absolute atomic E-state index is 0.618. The number of piperidine rings is 1. The Labute approximate surface area is 59.2 Å². The molecule has 1 radical (unpaired) electrons. The Morgan fingerprint density at radius 2 is 2.50 bits per heavy atom. The van der Waals surface area contributed by atoms with Crippen molar-refractivity contribution in [1.29, 1.82) is 0 Å². The Morgan fingerprint density at radius 3 is 2.88 bits per heavy atom. The van der Waals surface area contributed by atoms with E-state index in [1.807, 2.05) is 0 Å². The highest BCUT2D eigenvalue weighted by Gasteiger charge is 2.14. The summed E-state index contributed by atoms with van der Waals surface area (Å²) >= 11 is 3.56. The largest absolute Gasteiger partial charge is 0.294 e. The molecule has 0 aromatic rings. The molecule has 1 aliphatic rings. The number of likely N-dealkylation sites (tertiary alicyclic amines) is 1. The van der Waals surface area contributed by atoms with Crippen molar-refractivity contribution in [3.05, 3.63) is 6.42 Å². The lowest BCUT2D eigenvalue weighted by Crippen LogP contribution is -2.31. The molecule has 1 unspecified atom stereocenters. The van der Waals surface area contributed by atoms with Gasteiger partial charge in [-0.1, -0.05) is 15.9 Å². The van der Waals surface area contributed by atoms with Crippen LogP contribution < -0.4 is 0 Å². The summed E-state index contributed by atoms with van der Waals surface area (Å²) in [5.41, 5.74) is 0. The molecular weight excluding hydrogens is 166 g/mol. The quantitative estimate of drug-likeness (QED) is 0.401. The Bertz CT molecular complexity index is 64.9. The highest BCUT2D eigenvalue weighted by atomic mass is 79.9. The third kappa shape index (κ3) is 1.46. The van der Waals surface area contributed by atoms with Gasteiger partial charge in [0, 0.05) is 6.54 Å². The molecule has 0 aliphatic carbocycles. The standard InChI is InChI=1S/C6H11BrN/c1-8-5-3-2-4-6(8)7/h3,6H,2,4-5H2,1H3. The number of alkyl halides is 1. The van der Waals surface area contributed by atoms with E-state index in [-0.39, 0.29) is 0 Å². The molecule has 1 fully saturated rings. The lowest BCUT2D eigenvalue weighted by Gasteiger charge is -2.27. The molecule has 1 saturated heterocycles. The van der Waals surface area contributed by atoms with Gasteiger partial charge in [0.25, 0.3) is 0 Å². The maximum atomic E-state index is 3.56. The van der Waals surface area contributed by atoms with E-state index in [2.05, 4.69) is 34.3 Å². The van der Waals surface area contributed by atoms with Crippen molar-refractivity contribution in [2.75, 3.05) is 13.6 Å². The normalized spacial score (nSPS) is 33.0. The maximum absolute atomic E-state index is 3.56. The molecule has 1 aliphatic heterocycles. The Balaban J connectivity index is 2.28. The van der Waals surface area contributed by atoms with Crippen LogP contribution in [0.3, 0.4) is 0 Å². The number of hydrogen-bond acceptors (Lipinski definition) is 1. The smallest absolute Gasteiger partial charge is 0.0653 e. The van der Waals surface area contributed by atoms with Gasteiger partial charge >= 0.3 is 0 Å². The third-order valence-electron chi connectivity index (χ3n) is 1.50. The van der Waals surface area contributed by atoms with Crippen LogP contribution in [0.4, 0.5) is 0 Å². The highest BCUT2D eigenvalue weighted by molar-refractivity contribution is 9.09. The summed E-state index contributed by atoms with van der Waals surface area (Å²) in [6.07, 6.45) is 4.84. The molecule has 0 amide bonds. The average molecular weight is 177 g/mol. The van der Waals surface area contributed by atoms with E-state index in [1.165, 1.54) is 12.8 Å². The minimum Gasteiger partial charge on any atom is -0.294 e. The molecule has 0 spiro atoms. The molecule has 8 heavy (non-hydrogen) atoms. The van der Waals surface area contributed by atoms with Crippen LogP contribution in [-0.4, -0.2) is 23.4 Å². The second kappa shape index (κ2) is 2.83. The molecule has 47 valence electrons. The zero-order chi connectivity index (χ0) is 5.98. The minimum atomic E-state index is 0.618. The topological polar surface area (TPSA) is 3.24 Å². The molecular formula is C6H11BrN. The first-order chi connectivity index (χ1) is 3.80. The van der Waals surface area contributed by atoms with E-state index in [0.29, 0.717) is 4.95 Å². The van der Waals surface area contributed by atoms with Crippen molar-refractivity contribution >= 4 is 15.9 Å².